The van der Waals surface area contributed by atoms with Crippen molar-refractivity contribution in [3.63, 3.8) is 0 Å². The lowest BCUT2D eigenvalue weighted by molar-refractivity contribution is 0.0354. The van der Waals surface area contributed by atoms with E-state index in [1.54, 1.807) is 18.5 Å². The minimum absolute atomic E-state index is 0.00240. The Labute approximate surface area is 342 Å². The molecule has 14 heteroatoms. The number of alkyl carbamates (subject to hydrolysis) is 1. The summed E-state index contributed by atoms with van der Waals surface area (Å²) in [5.74, 6) is -0.549. The minimum atomic E-state index is -1.69. The minimum Gasteiger partial charge on any atom is -0.444 e. The number of amides is 3. The van der Waals surface area contributed by atoms with Gasteiger partial charge in [0.1, 0.15) is 12.2 Å². The van der Waals surface area contributed by atoms with Crippen LogP contribution in [0.2, 0.25) is 11.6 Å². The number of carbonyl (C=O) groups is 3. The number of pyridine rings is 2. The van der Waals surface area contributed by atoms with Gasteiger partial charge in [0, 0.05) is 30.6 Å². The highest BCUT2D eigenvalue weighted by molar-refractivity contribution is 6.53. The Morgan fingerprint density at radius 1 is 0.948 bits per heavy atom. The average molecular weight is 809 g/mol. The van der Waals surface area contributed by atoms with Gasteiger partial charge in [0.15, 0.2) is 14.7 Å². The SMILES string of the molecule is C[C@H]1CN(c2ccncc2NC(=O)c2nc3cc(C4=CCOCC4)ccc3cc2NC(=O)OCc2ccccc2)C[C@@H](NC(=O)OC(C)(C)C)[C@@H]1O[SiH](C)C(C)(C)C. The van der Waals surface area contributed by atoms with Crippen LogP contribution in [-0.2, 0) is 25.2 Å². The summed E-state index contributed by atoms with van der Waals surface area (Å²) in [4.78, 5) is 52.1. The molecule has 308 valence electrons. The number of benzene rings is 2. The van der Waals surface area contributed by atoms with Crippen LogP contribution >= 0.6 is 0 Å². The fourth-order valence-electron chi connectivity index (χ4n) is 6.95. The Morgan fingerprint density at radius 2 is 1.72 bits per heavy atom. The first kappa shape index (κ1) is 42.3. The van der Waals surface area contributed by atoms with Gasteiger partial charge in [-0.1, -0.05) is 76.2 Å². The van der Waals surface area contributed by atoms with Crippen molar-refractivity contribution in [1.29, 1.82) is 0 Å². The van der Waals surface area contributed by atoms with Crippen LogP contribution in [0.25, 0.3) is 16.5 Å². The second-order valence-corrected chi connectivity index (χ2v) is 20.4. The fraction of sp³-hybridized carbons (Fsp3) is 0.432. The summed E-state index contributed by atoms with van der Waals surface area (Å²) in [6.07, 6.45) is 4.58. The van der Waals surface area contributed by atoms with E-state index >= 15 is 0 Å². The predicted molar refractivity (Wildman–Crippen MR) is 230 cm³/mol. The zero-order valence-electron chi connectivity index (χ0n) is 34.8. The molecular formula is C44H56N6O7Si. The molecule has 0 saturated carbocycles. The van der Waals surface area contributed by atoms with Gasteiger partial charge in [-0.2, -0.15) is 0 Å². The molecule has 1 saturated heterocycles. The normalized spacial score (nSPS) is 19.1. The molecule has 0 bridgehead atoms. The van der Waals surface area contributed by atoms with E-state index in [0.717, 1.165) is 28.5 Å². The van der Waals surface area contributed by atoms with Crippen LogP contribution in [0, 0.1) is 5.92 Å². The van der Waals surface area contributed by atoms with Gasteiger partial charge < -0.3 is 34.2 Å². The standard InChI is InChI=1S/C44H56N6O7Si/c1-28-25-50(26-36(49-42(53)56-43(2,3)4)39(28)57-58(8)44(5,6)7)37-16-19-45-24-35(37)47-40(51)38-34(48-41(52)55-27-29-12-10-9-11-13-29)23-32-15-14-31(22-33(32)46-38)30-17-20-54-21-18-30/h9-17,19,22-24,28,36,39,58H,18,20-21,25-27H2,1-8H3,(H,47,51)(H,48,52)(H,49,53)/t28-,36+,39+,58?/m0/s1. The number of carbonyl (C=O) groups excluding carboxylic acids is 3. The second-order valence-electron chi connectivity index (χ2n) is 17.1. The lowest BCUT2D eigenvalue weighted by atomic mass is 9.92. The highest BCUT2D eigenvalue weighted by Crippen LogP contribution is 2.35. The van der Waals surface area contributed by atoms with Crippen LogP contribution in [0.1, 0.15) is 76.5 Å². The molecule has 3 amide bonds. The van der Waals surface area contributed by atoms with Crippen molar-refractivity contribution in [3.8, 4) is 0 Å². The highest BCUT2D eigenvalue weighted by Gasteiger charge is 2.40. The van der Waals surface area contributed by atoms with Crippen molar-refractivity contribution in [2.45, 2.75) is 90.8 Å². The molecule has 0 spiro atoms. The topological polar surface area (TPSA) is 153 Å². The molecule has 0 radical (unpaired) electrons. The smallest absolute Gasteiger partial charge is 0.412 e. The third-order valence-corrected chi connectivity index (χ3v) is 13.5. The molecule has 3 N–H and O–H groups in total. The average Bonchev–Trinajstić information content (AvgIpc) is 3.17. The number of hydrogen-bond donors (Lipinski definition) is 3. The largest absolute Gasteiger partial charge is 0.444 e. The van der Waals surface area contributed by atoms with E-state index in [1.165, 1.54) is 0 Å². The van der Waals surface area contributed by atoms with E-state index < -0.39 is 38.8 Å². The van der Waals surface area contributed by atoms with Gasteiger partial charge in [-0.3, -0.25) is 15.1 Å². The Morgan fingerprint density at radius 3 is 2.43 bits per heavy atom. The summed E-state index contributed by atoms with van der Waals surface area (Å²) in [7, 11) is -1.69. The molecule has 0 aliphatic carbocycles. The van der Waals surface area contributed by atoms with Gasteiger partial charge in [0.05, 0.1) is 54.1 Å². The summed E-state index contributed by atoms with van der Waals surface area (Å²) in [6.45, 7) is 18.6. The van der Waals surface area contributed by atoms with E-state index in [4.69, 9.17) is 23.6 Å². The first-order valence-corrected chi connectivity index (χ1v) is 22.1. The summed E-state index contributed by atoms with van der Waals surface area (Å²) < 4.78 is 23.5. The summed E-state index contributed by atoms with van der Waals surface area (Å²) >= 11 is 0. The molecule has 2 aromatic heterocycles. The molecular weight excluding hydrogens is 753 g/mol. The number of hydrogen-bond acceptors (Lipinski definition) is 10. The predicted octanol–water partition coefficient (Wildman–Crippen LogP) is 8.32. The molecule has 2 aromatic carbocycles. The number of nitrogens with one attached hydrogen (secondary N) is 3. The van der Waals surface area contributed by atoms with E-state index in [2.05, 4.69) is 66.2 Å². The Balaban J connectivity index is 1.29. The summed E-state index contributed by atoms with van der Waals surface area (Å²) in [6, 6.07) is 18.4. The van der Waals surface area contributed by atoms with Crippen molar-refractivity contribution in [2.75, 3.05) is 41.8 Å². The van der Waals surface area contributed by atoms with E-state index in [9.17, 15) is 14.4 Å². The lowest BCUT2D eigenvalue weighted by Gasteiger charge is -2.46. The van der Waals surface area contributed by atoms with Crippen LogP contribution in [0.3, 0.4) is 0 Å². The number of anilines is 3. The Kier molecular flexibility index (Phi) is 13.2. The molecule has 13 nitrogen and oxygen atoms in total. The van der Waals surface area contributed by atoms with Crippen LogP contribution in [0.5, 0.6) is 0 Å². The third-order valence-electron chi connectivity index (χ3n) is 10.4. The number of piperidine rings is 1. The zero-order valence-corrected chi connectivity index (χ0v) is 35.9. The van der Waals surface area contributed by atoms with Crippen molar-refractivity contribution in [2.24, 2.45) is 5.92 Å². The van der Waals surface area contributed by atoms with Crippen molar-refractivity contribution < 1.29 is 33.0 Å². The monoisotopic (exact) mass is 808 g/mol. The van der Waals surface area contributed by atoms with Gasteiger partial charge in [-0.15, -0.1) is 0 Å². The van der Waals surface area contributed by atoms with Crippen LogP contribution in [0.4, 0.5) is 26.7 Å². The molecule has 1 unspecified atom stereocenters. The van der Waals surface area contributed by atoms with Gasteiger partial charge in [0.2, 0.25) is 0 Å². The molecule has 1 fully saturated rings. The number of nitrogens with zero attached hydrogens (tertiary/aromatic N) is 3. The summed E-state index contributed by atoms with van der Waals surface area (Å²) in [5.41, 5.74) is 4.21. The number of rotatable bonds is 10. The molecule has 4 heterocycles. The number of fused-ring (bicyclic) bond motifs is 1. The van der Waals surface area contributed by atoms with Gasteiger partial charge in [0.25, 0.3) is 5.91 Å². The quantitative estimate of drug-likeness (QED) is 0.133. The molecule has 6 rings (SSSR count). The molecule has 4 aromatic rings. The Bertz CT molecular complexity index is 2130. The van der Waals surface area contributed by atoms with E-state index in [1.807, 2.05) is 75.4 Å². The van der Waals surface area contributed by atoms with E-state index in [-0.39, 0.29) is 35.0 Å². The lowest BCUT2D eigenvalue weighted by Crippen LogP contribution is -2.61. The molecule has 4 atom stereocenters. The summed E-state index contributed by atoms with van der Waals surface area (Å²) in [5, 5.41) is 9.67. The first-order chi connectivity index (χ1) is 27.5. The van der Waals surface area contributed by atoms with Crippen LogP contribution in [-0.4, -0.2) is 81.2 Å². The molecule has 2 aliphatic rings. The maximum absolute atomic E-state index is 14.4. The second kappa shape index (κ2) is 18.1. The van der Waals surface area contributed by atoms with Crippen LogP contribution < -0.4 is 20.9 Å². The van der Waals surface area contributed by atoms with Gasteiger partial charge >= 0.3 is 12.2 Å². The maximum atomic E-state index is 14.4. The maximum Gasteiger partial charge on any atom is 0.412 e. The number of ether oxygens (including phenoxy) is 3. The third kappa shape index (κ3) is 11.0. The highest BCUT2D eigenvalue weighted by atomic mass is 28.3. The van der Waals surface area contributed by atoms with E-state index in [0.29, 0.717) is 43.2 Å². The van der Waals surface area contributed by atoms with Crippen molar-refractivity contribution in [3.05, 3.63) is 96.0 Å². The van der Waals surface area contributed by atoms with Crippen molar-refractivity contribution >= 4 is 60.7 Å². The first-order valence-electron chi connectivity index (χ1n) is 19.9. The van der Waals surface area contributed by atoms with Gasteiger partial charge in [-0.25, -0.2) is 14.6 Å². The molecule has 2 aliphatic heterocycles. The number of aromatic nitrogens is 2. The van der Waals surface area contributed by atoms with Crippen molar-refractivity contribution in [1.82, 2.24) is 15.3 Å². The fourth-order valence-corrected chi connectivity index (χ4v) is 8.29. The molecule has 58 heavy (non-hydrogen) atoms. The Hall–Kier alpha value is -5.31. The van der Waals surface area contributed by atoms with Gasteiger partial charge in [-0.05, 0) is 73.7 Å². The van der Waals surface area contributed by atoms with Crippen LogP contribution in [0.15, 0.2) is 79.1 Å². The zero-order chi connectivity index (χ0) is 41.6.